The second kappa shape index (κ2) is 12.5. The summed E-state index contributed by atoms with van der Waals surface area (Å²) in [5.41, 5.74) is 0. The Morgan fingerprint density at radius 3 is 2.69 bits per heavy atom. The molecule has 6 nitrogen and oxygen atoms in total. The molecule has 2 fully saturated rings. The van der Waals surface area contributed by atoms with Gasteiger partial charge in [-0.1, -0.05) is 20.3 Å². The maximum Gasteiger partial charge on any atom is 0.191 e. The summed E-state index contributed by atoms with van der Waals surface area (Å²) >= 11 is 0. The Balaban J connectivity index is 1.71. The van der Waals surface area contributed by atoms with Crippen molar-refractivity contribution in [2.24, 2.45) is 10.9 Å². The van der Waals surface area contributed by atoms with E-state index in [9.17, 15) is 0 Å². The molecule has 0 saturated carbocycles. The van der Waals surface area contributed by atoms with Gasteiger partial charge >= 0.3 is 0 Å². The van der Waals surface area contributed by atoms with Crippen molar-refractivity contribution in [3.05, 3.63) is 0 Å². The van der Waals surface area contributed by atoms with Crippen molar-refractivity contribution in [1.29, 1.82) is 0 Å². The van der Waals surface area contributed by atoms with E-state index in [-0.39, 0.29) is 0 Å². The number of hydrogen-bond donors (Lipinski definition) is 2. The van der Waals surface area contributed by atoms with Crippen molar-refractivity contribution in [3.8, 4) is 0 Å². The van der Waals surface area contributed by atoms with E-state index in [0.717, 1.165) is 71.0 Å². The summed E-state index contributed by atoms with van der Waals surface area (Å²) in [5, 5.41) is 6.93. The molecule has 26 heavy (non-hydrogen) atoms. The number of likely N-dealkylation sites (tertiary alicyclic amines) is 1. The summed E-state index contributed by atoms with van der Waals surface area (Å²) in [5.74, 6) is 1.53. The number of aliphatic imine (C=N–C) groups is 1. The van der Waals surface area contributed by atoms with Gasteiger partial charge in [0.1, 0.15) is 0 Å². The Hall–Kier alpha value is -0.850. The monoisotopic (exact) mass is 367 g/mol. The number of morpholine rings is 1. The molecule has 0 amide bonds. The van der Waals surface area contributed by atoms with E-state index < -0.39 is 0 Å². The fourth-order valence-electron chi connectivity index (χ4n) is 4.01. The maximum atomic E-state index is 5.43. The first-order valence-corrected chi connectivity index (χ1v) is 10.8. The van der Waals surface area contributed by atoms with Crippen molar-refractivity contribution in [3.63, 3.8) is 0 Å². The van der Waals surface area contributed by atoms with Gasteiger partial charge in [-0.05, 0) is 38.6 Å². The van der Waals surface area contributed by atoms with Gasteiger partial charge in [-0.15, -0.1) is 0 Å². The van der Waals surface area contributed by atoms with Crippen LogP contribution < -0.4 is 10.6 Å². The van der Waals surface area contributed by atoms with Crippen molar-refractivity contribution in [2.45, 2.75) is 52.5 Å². The molecule has 0 aromatic heterocycles. The van der Waals surface area contributed by atoms with E-state index in [2.05, 4.69) is 41.2 Å². The molecule has 0 bridgehead atoms. The Labute approximate surface area is 160 Å². The molecule has 2 unspecified atom stereocenters. The standard InChI is InChI=1S/C20H41N5O/c1-4-19-8-6-7-10-25(19)11-9-22-20(21-5-2)23-16-18(3)17-24-12-14-26-15-13-24/h18-19H,4-17H2,1-3H3,(H2,21,22,23). The maximum absolute atomic E-state index is 5.43. The molecular weight excluding hydrogens is 326 g/mol. The van der Waals surface area contributed by atoms with Gasteiger partial charge in [0.15, 0.2) is 5.96 Å². The van der Waals surface area contributed by atoms with Crippen LogP contribution in [-0.4, -0.2) is 87.4 Å². The largest absolute Gasteiger partial charge is 0.379 e. The van der Waals surface area contributed by atoms with E-state index >= 15 is 0 Å². The summed E-state index contributed by atoms with van der Waals surface area (Å²) < 4.78 is 5.43. The Morgan fingerprint density at radius 1 is 1.15 bits per heavy atom. The van der Waals surface area contributed by atoms with Gasteiger partial charge in [-0.25, -0.2) is 0 Å². The third-order valence-electron chi connectivity index (χ3n) is 5.49. The van der Waals surface area contributed by atoms with Crippen molar-refractivity contribution < 1.29 is 4.74 Å². The summed E-state index contributed by atoms with van der Waals surface area (Å²) in [7, 11) is 0. The summed E-state index contributed by atoms with van der Waals surface area (Å²) in [4.78, 5) is 9.96. The highest BCUT2D eigenvalue weighted by molar-refractivity contribution is 5.79. The zero-order chi connectivity index (χ0) is 18.6. The molecule has 2 atom stereocenters. The molecule has 0 spiro atoms. The van der Waals surface area contributed by atoms with Gasteiger partial charge in [0, 0.05) is 51.9 Å². The lowest BCUT2D eigenvalue weighted by atomic mass is 10.0. The minimum absolute atomic E-state index is 0.565. The van der Waals surface area contributed by atoms with Crippen molar-refractivity contribution in [1.82, 2.24) is 20.4 Å². The highest BCUT2D eigenvalue weighted by Crippen LogP contribution is 2.18. The lowest BCUT2D eigenvalue weighted by Gasteiger charge is -2.35. The van der Waals surface area contributed by atoms with Crippen molar-refractivity contribution in [2.75, 3.05) is 65.6 Å². The second-order valence-corrected chi connectivity index (χ2v) is 7.76. The van der Waals surface area contributed by atoms with Crippen molar-refractivity contribution >= 4 is 5.96 Å². The average molecular weight is 368 g/mol. The van der Waals surface area contributed by atoms with Gasteiger partial charge in [0.2, 0.25) is 0 Å². The molecule has 6 heteroatoms. The van der Waals surface area contributed by atoms with Gasteiger partial charge in [-0.2, -0.15) is 0 Å². The van der Waals surface area contributed by atoms with Crippen LogP contribution in [-0.2, 0) is 4.74 Å². The summed E-state index contributed by atoms with van der Waals surface area (Å²) in [6.07, 6.45) is 5.38. The lowest BCUT2D eigenvalue weighted by Crippen LogP contribution is -2.46. The molecule has 0 aromatic carbocycles. The first-order valence-electron chi connectivity index (χ1n) is 10.8. The fourth-order valence-corrected chi connectivity index (χ4v) is 4.01. The van der Waals surface area contributed by atoms with E-state index in [0.29, 0.717) is 5.92 Å². The molecule has 152 valence electrons. The molecule has 2 aliphatic rings. The van der Waals surface area contributed by atoms with Crippen LogP contribution >= 0.6 is 0 Å². The number of hydrogen-bond acceptors (Lipinski definition) is 4. The molecule has 2 saturated heterocycles. The normalized spacial score (nSPS) is 24.4. The van der Waals surface area contributed by atoms with Crippen LogP contribution in [0.25, 0.3) is 0 Å². The van der Waals surface area contributed by atoms with Gasteiger partial charge in [-0.3, -0.25) is 14.8 Å². The minimum Gasteiger partial charge on any atom is -0.379 e. The van der Waals surface area contributed by atoms with E-state index in [4.69, 9.17) is 9.73 Å². The zero-order valence-corrected chi connectivity index (χ0v) is 17.3. The Morgan fingerprint density at radius 2 is 1.96 bits per heavy atom. The van der Waals surface area contributed by atoms with Crippen LogP contribution in [0.2, 0.25) is 0 Å². The third-order valence-corrected chi connectivity index (χ3v) is 5.49. The SMILES string of the molecule is CCNC(=NCC(C)CN1CCOCC1)NCCN1CCCCC1CC. The van der Waals surface area contributed by atoms with Gasteiger partial charge < -0.3 is 15.4 Å². The van der Waals surface area contributed by atoms with Crippen LogP contribution in [0, 0.1) is 5.92 Å². The van der Waals surface area contributed by atoms with Crippen LogP contribution in [0.15, 0.2) is 4.99 Å². The first-order chi connectivity index (χ1) is 12.7. The minimum atomic E-state index is 0.565. The number of ether oxygens (including phenoxy) is 1. The molecule has 2 aliphatic heterocycles. The Bertz CT molecular complexity index is 398. The zero-order valence-electron chi connectivity index (χ0n) is 17.3. The van der Waals surface area contributed by atoms with Crippen LogP contribution in [0.4, 0.5) is 0 Å². The number of nitrogens with one attached hydrogen (secondary N) is 2. The first kappa shape index (κ1) is 21.5. The van der Waals surface area contributed by atoms with Gasteiger partial charge in [0.25, 0.3) is 0 Å². The van der Waals surface area contributed by atoms with Crippen LogP contribution in [0.3, 0.4) is 0 Å². The molecular formula is C20H41N5O. The highest BCUT2D eigenvalue weighted by atomic mass is 16.5. The highest BCUT2D eigenvalue weighted by Gasteiger charge is 2.20. The third kappa shape index (κ3) is 7.80. The molecule has 0 aliphatic carbocycles. The molecule has 0 radical (unpaired) electrons. The summed E-state index contributed by atoms with van der Waals surface area (Å²) in [6, 6.07) is 0.776. The number of guanidine groups is 1. The molecule has 2 rings (SSSR count). The fraction of sp³-hybridized carbons (Fsp3) is 0.950. The topological polar surface area (TPSA) is 52.1 Å². The molecule has 2 heterocycles. The van der Waals surface area contributed by atoms with Crippen LogP contribution in [0.5, 0.6) is 0 Å². The number of rotatable bonds is 9. The lowest BCUT2D eigenvalue weighted by molar-refractivity contribution is 0.0323. The van der Waals surface area contributed by atoms with Crippen LogP contribution in [0.1, 0.15) is 46.5 Å². The number of nitrogens with zero attached hydrogens (tertiary/aromatic N) is 3. The molecule has 2 N–H and O–H groups in total. The number of piperidine rings is 1. The van der Waals surface area contributed by atoms with Gasteiger partial charge in [0.05, 0.1) is 13.2 Å². The average Bonchev–Trinajstić information content (AvgIpc) is 2.67. The van der Waals surface area contributed by atoms with E-state index in [1.165, 1.54) is 32.2 Å². The summed E-state index contributed by atoms with van der Waals surface area (Å²) in [6.45, 7) is 16.8. The predicted octanol–water partition coefficient (Wildman–Crippen LogP) is 1.77. The quantitative estimate of drug-likeness (QED) is 0.481. The predicted molar refractivity (Wildman–Crippen MR) is 110 cm³/mol. The Kier molecular flexibility index (Phi) is 10.3. The van der Waals surface area contributed by atoms with E-state index in [1.807, 2.05) is 0 Å². The second-order valence-electron chi connectivity index (χ2n) is 7.76. The van der Waals surface area contributed by atoms with E-state index in [1.54, 1.807) is 0 Å². The smallest absolute Gasteiger partial charge is 0.191 e. The molecule has 0 aromatic rings.